The van der Waals surface area contributed by atoms with E-state index in [4.69, 9.17) is 42.6 Å². The zero-order valence-electron chi connectivity index (χ0n) is 37.0. The number of unbranched alkanes of at least 4 members (excludes halogenated alkanes) is 2. The number of hydrogen-bond donors (Lipinski definition) is 0. The van der Waals surface area contributed by atoms with Crippen LogP contribution in [-0.4, -0.2) is 84.0 Å². The Hall–Kier alpha value is -5.79. The molecule has 2 heterocycles. The summed E-state index contributed by atoms with van der Waals surface area (Å²) in [5, 5.41) is 0. The molecule has 64 heavy (non-hydrogen) atoms. The molecule has 0 aromatic heterocycles. The van der Waals surface area contributed by atoms with Gasteiger partial charge in [0.15, 0.2) is 0 Å². The minimum atomic E-state index is -0.763. The Morgan fingerprint density at radius 1 is 0.578 bits per heavy atom. The SMILES string of the molecule is CCC1(COCCCCOc2ccc(/C=C/C(=O)Oc3ccc(OC(=O)/C=C/c4ccc(OCCCCOCC5(CC)COC5)cc4)c(C(=O)OCc4ccccc4)c3)cc2)COC1. The largest absolute Gasteiger partial charge is 0.494 e. The molecule has 4 aromatic carbocycles. The normalized spacial score (nSPS) is 15.0. The maximum absolute atomic E-state index is 13.4. The van der Waals surface area contributed by atoms with E-state index in [2.05, 4.69) is 13.8 Å². The van der Waals surface area contributed by atoms with Crippen molar-refractivity contribution in [2.45, 2.75) is 59.0 Å². The van der Waals surface area contributed by atoms with Crippen molar-refractivity contribution in [3.05, 3.63) is 131 Å². The molecule has 0 saturated carbocycles. The molecular weight excluding hydrogens is 817 g/mol. The molecule has 0 bridgehead atoms. The molecule has 2 aliphatic rings. The van der Waals surface area contributed by atoms with Crippen molar-refractivity contribution in [1.29, 1.82) is 0 Å². The van der Waals surface area contributed by atoms with Crippen LogP contribution >= 0.6 is 0 Å². The van der Waals surface area contributed by atoms with Crippen LogP contribution in [0.3, 0.4) is 0 Å². The molecule has 2 fully saturated rings. The summed E-state index contributed by atoms with van der Waals surface area (Å²) in [6.07, 6.45) is 11.4. The summed E-state index contributed by atoms with van der Waals surface area (Å²) in [4.78, 5) is 39.2. The third-order valence-corrected chi connectivity index (χ3v) is 11.2. The van der Waals surface area contributed by atoms with E-state index in [0.29, 0.717) is 26.4 Å². The van der Waals surface area contributed by atoms with Gasteiger partial charge in [0.2, 0.25) is 0 Å². The fraction of sp³-hybridized carbons (Fsp3) is 0.404. The van der Waals surface area contributed by atoms with Gasteiger partial charge >= 0.3 is 17.9 Å². The summed E-state index contributed by atoms with van der Waals surface area (Å²) in [6.45, 7) is 11.5. The van der Waals surface area contributed by atoms with Crippen LogP contribution in [0.1, 0.15) is 79.4 Å². The highest BCUT2D eigenvalue weighted by Gasteiger charge is 2.37. The monoisotopic (exact) mass is 876 g/mol. The number of carbonyl (C=O) groups excluding carboxylic acids is 3. The number of rotatable bonds is 27. The maximum Gasteiger partial charge on any atom is 0.342 e. The first-order valence-corrected chi connectivity index (χ1v) is 22.2. The molecule has 12 heteroatoms. The number of benzene rings is 4. The van der Waals surface area contributed by atoms with Crippen molar-refractivity contribution in [2.75, 3.05) is 66.1 Å². The van der Waals surface area contributed by atoms with Gasteiger partial charge in [-0.1, -0.05) is 68.4 Å². The fourth-order valence-electron chi connectivity index (χ4n) is 6.72. The number of hydrogen-bond acceptors (Lipinski definition) is 12. The van der Waals surface area contributed by atoms with Crippen molar-refractivity contribution in [3.8, 4) is 23.0 Å². The van der Waals surface area contributed by atoms with Crippen LogP contribution in [0.4, 0.5) is 0 Å². The zero-order valence-corrected chi connectivity index (χ0v) is 37.0. The molecular formula is C52H60O12. The molecule has 0 atom stereocenters. The molecule has 4 aromatic rings. The average Bonchev–Trinajstić information content (AvgIpc) is 3.29. The summed E-state index contributed by atoms with van der Waals surface area (Å²) in [7, 11) is 0. The predicted octanol–water partition coefficient (Wildman–Crippen LogP) is 9.49. The van der Waals surface area contributed by atoms with E-state index in [1.54, 1.807) is 12.2 Å². The first-order valence-electron chi connectivity index (χ1n) is 22.2. The summed E-state index contributed by atoms with van der Waals surface area (Å²) in [6, 6.07) is 28.0. The van der Waals surface area contributed by atoms with Gasteiger partial charge in [-0.15, -0.1) is 0 Å². The van der Waals surface area contributed by atoms with Gasteiger partial charge in [-0.3, -0.25) is 0 Å². The van der Waals surface area contributed by atoms with Crippen LogP contribution in [0.15, 0.2) is 109 Å². The zero-order chi connectivity index (χ0) is 44.9. The van der Waals surface area contributed by atoms with Crippen LogP contribution in [0.25, 0.3) is 12.2 Å². The average molecular weight is 877 g/mol. The standard InChI is InChI=1S/C52H60O12/c1-3-51(36-58-37-51)34-56-28-8-10-30-60-43-20-14-40(15-21-43)18-26-48(53)63-45-24-25-47(46(32-45)50(55)62-33-42-12-6-5-7-13-42)64-49(54)27-19-41-16-22-44(23-17-41)61-31-11-9-29-57-35-52(4-2)38-59-39-52/h5-7,12-27,32H,3-4,8-11,28-31,33-39H2,1-2H3/b26-18+,27-19+. The predicted molar refractivity (Wildman–Crippen MR) is 242 cm³/mol. The molecule has 2 aliphatic heterocycles. The summed E-state index contributed by atoms with van der Waals surface area (Å²) >= 11 is 0. The van der Waals surface area contributed by atoms with Crippen molar-refractivity contribution in [2.24, 2.45) is 10.8 Å². The van der Waals surface area contributed by atoms with Crippen LogP contribution in [-0.2, 0) is 39.9 Å². The lowest BCUT2D eigenvalue weighted by Gasteiger charge is -2.40. The topological polar surface area (TPSA) is 134 Å². The molecule has 12 nitrogen and oxygen atoms in total. The van der Waals surface area contributed by atoms with E-state index in [-0.39, 0.29) is 34.5 Å². The highest BCUT2D eigenvalue weighted by atomic mass is 16.6. The van der Waals surface area contributed by atoms with Crippen molar-refractivity contribution in [1.82, 2.24) is 0 Å². The lowest BCUT2D eigenvalue weighted by molar-refractivity contribution is -0.150. The second-order valence-electron chi connectivity index (χ2n) is 16.3. The third-order valence-electron chi connectivity index (χ3n) is 11.2. The Bertz CT molecular complexity index is 2110. The third kappa shape index (κ3) is 15.2. The van der Waals surface area contributed by atoms with Crippen LogP contribution in [0.2, 0.25) is 0 Å². The molecule has 0 unspecified atom stereocenters. The fourth-order valence-corrected chi connectivity index (χ4v) is 6.72. The number of carbonyl (C=O) groups is 3. The lowest BCUT2D eigenvalue weighted by atomic mass is 9.84. The smallest absolute Gasteiger partial charge is 0.342 e. The van der Waals surface area contributed by atoms with Crippen molar-refractivity contribution >= 4 is 30.1 Å². The van der Waals surface area contributed by atoms with E-state index in [9.17, 15) is 14.4 Å². The van der Waals surface area contributed by atoms with Gasteiger partial charge in [0.1, 0.15) is 35.2 Å². The van der Waals surface area contributed by atoms with E-state index in [1.807, 2.05) is 78.9 Å². The van der Waals surface area contributed by atoms with Crippen LogP contribution < -0.4 is 18.9 Å². The molecule has 0 radical (unpaired) electrons. The second-order valence-corrected chi connectivity index (χ2v) is 16.3. The Labute approximate surface area is 376 Å². The highest BCUT2D eigenvalue weighted by molar-refractivity contribution is 5.96. The van der Waals surface area contributed by atoms with Crippen LogP contribution in [0, 0.1) is 10.8 Å². The van der Waals surface area contributed by atoms with Gasteiger partial charge in [0.05, 0.1) is 52.9 Å². The van der Waals surface area contributed by atoms with Gasteiger partial charge in [-0.25, -0.2) is 14.4 Å². The summed E-state index contributed by atoms with van der Waals surface area (Å²) < 4.78 is 50.9. The van der Waals surface area contributed by atoms with E-state index in [0.717, 1.165) is 106 Å². The minimum absolute atomic E-state index is 0.0153. The molecule has 0 aliphatic carbocycles. The molecule has 6 rings (SSSR count). The molecule has 0 amide bonds. The quantitative estimate of drug-likeness (QED) is 0.0245. The molecule has 0 spiro atoms. The van der Waals surface area contributed by atoms with E-state index < -0.39 is 17.9 Å². The van der Waals surface area contributed by atoms with E-state index >= 15 is 0 Å². The van der Waals surface area contributed by atoms with Gasteiger partial charge in [-0.2, -0.15) is 0 Å². The van der Waals surface area contributed by atoms with E-state index in [1.165, 1.54) is 30.4 Å². The molecule has 0 N–H and O–H groups in total. The highest BCUT2D eigenvalue weighted by Crippen LogP contribution is 2.32. The molecule has 2 saturated heterocycles. The maximum atomic E-state index is 13.4. The Morgan fingerprint density at radius 2 is 1.06 bits per heavy atom. The van der Waals surface area contributed by atoms with Gasteiger partial charge < -0.3 is 42.6 Å². The number of esters is 3. The van der Waals surface area contributed by atoms with Gasteiger partial charge in [-0.05, 0) is 110 Å². The second kappa shape index (κ2) is 24.9. The number of ether oxygens (including phenoxy) is 9. The van der Waals surface area contributed by atoms with Crippen molar-refractivity contribution in [3.63, 3.8) is 0 Å². The summed E-state index contributed by atoms with van der Waals surface area (Å²) in [5.41, 5.74) is 2.59. The Balaban J connectivity index is 0.955. The first-order chi connectivity index (χ1) is 31.3. The molecule has 340 valence electrons. The summed E-state index contributed by atoms with van der Waals surface area (Å²) in [5.74, 6) is -0.703. The first kappa shape index (κ1) is 47.7. The van der Waals surface area contributed by atoms with Crippen molar-refractivity contribution < 1.29 is 57.0 Å². The Kier molecular flexibility index (Phi) is 18.5. The minimum Gasteiger partial charge on any atom is -0.494 e. The lowest BCUT2D eigenvalue weighted by Crippen LogP contribution is -2.45. The Morgan fingerprint density at radius 3 is 1.55 bits per heavy atom. The van der Waals surface area contributed by atoms with Crippen LogP contribution in [0.5, 0.6) is 23.0 Å². The van der Waals surface area contributed by atoms with Gasteiger partial charge in [0, 0.05) is 36.2 Å². The van der Waals surface area contributed by atoms with Gasteiger partial charge in [0.25, 0.3) is 0 Å².